The van der Waals surface area contributed by atoms with Crippen LogP contribution in [0.2, 0.25) is 5.02 Å². The zero-order valence-electron chi connectivity index (χ0n) is 7.39. The predicted octanol–water partition coefficient (Wildman–Crippen LogP) is 3.02. The van der Waals surface area contributed by atoms with Crippen LogP contribution in [0.4, 0.5) is 0 Å². The van der Waals surface area contributed by atoms with Gasteiger partial charge in [-0.3, -0.25) is 4.79 Å². The number of hydrogen-bond donors (Lipinski definition) is 1. The second kappa shape index (κ2) is 5.17. The molecule has 14 heavy (non-hydrogen) atoms. The zero-order valence-corrected chi connectivity index (χ0v) is 9.73. The summed E-state index contributed by atoms with van der Waals surface area (Å²) in [6, 6.07) is 5.13. The Balaban J connectivity index is 2.84. The van der Waals surface area contributed by atoms with Gasteiger partial charge in [0.05, 0.1) is 10.6 Å². The normalized spacial score (nSPS) is 9.57. The molecule has 0 aliphatic carbocycles. The quantitative estimate of drug-likeness (QED) is 0.844. The van der Waals surface area contributed by atoms with Gasteiger partial charge in [-0.1, -0.05) is 33.6 Å². The highest BCUT2D eigenvalue weighted by atomic mass is 79.9. The van der Waals surface area contributed by atoms with Crippen LogP contribution in [-0.2, 0) is 0 Å². The first kappa shape index (κ1) is 11.3. The summed E-state index contributed by atoms with van der Waals surface area (Å²) in [6.07, 6.45) is 1.62. The van der Waals surface area contributed by atoms with E-state index in [1.54, 1.807) is 24.3 Å². The molecule has 0 saturated heterocycles. The van der Waals surface area contributed by atoms with E-state index in [4.69, 9.17) is 11.6 Å². The van der Waals surface area contributed by atoms with E-state index in [1.807, 2.05) is 0 Å². The van der Waals surface area contributed by atoms with E-state index in [-0.39, 0.29) is 5.91 Å². The van der Waals surface area contributed by atoms with Crippen molar-refractivity contribution in [2.75, 3.05) is 6.54 Å². The fraction of sp³-hybridized carbons (Fsp3) is 0.100. The van der Waals surface area contributed by atoms with Crippen molar-refractivity contribution in [1.82, 2.24) is 5.32 Å². The Bertz CT molecular complexity index is 365. The van der Waals surface area contributed by atoms with Gasteiger partial charge < -0.3 is 5.32 Å². The summed E-state index contributed by atoms with van der Waals surface area (Å²) in [5.74, 6) is -0.192. The molecule has 0 bridgehead atoms. The van der Waals surface area contributed by atoms with Crippen LogP contribution in [0.5, 0.6) is 0 Å². The summed E-state index contributed by atoms with van der Waals surface area (Å²) in [4.78, 5) is 11.5. The largest absolute Gasteiger partial charge is 0.349 e. The molecule has 0 spiro atoms. The maximum absolute atomic E-state index is 11.5. The lowest BCUT2D eigenvalue weighted by Crippen LogP contribution is -2.23. The van der Waals surface area contributed by atoms with Crippen molar-refractivity contribution in [2.24, 2.45) is 0 Å². The molecule has 1 rings (SSSR count). The summed E-state index contributed by atoms with van der Waals surface area (Å²) < 4.78 is 0.850. The number of nitrogens with one attached hydrogen (secondary N) is 1. The monoisotopic (exact) mass is 273 g/mol. The number of halogens is 2. The first-order valence-corrected chi connectivity index (χ1v) is 5.16. The Morgan fingerprint density at radius 2 is 2.36 bits per heavy atom. The van der Waals surface area contributed by atoms with Crippen LogP contribution in [-0.4, -0.2) is 12.5 Å². The van der Waals surface area contributed by atoms with Crippen LogP contribution in [0.25, 0.3) is 0 Å². The van der Waals surface area contributed by atoms with Crippen molar-refractivity contribution < 1.29 is 4.79 Å². The molecule has 0 unspecified atom stereocenters. The van der Waals surface area contributed by atoms with E-state index in [9.17, 15) is 4.79 Å². The maximum atomic E-state index is 11.5. The molecular weight excluding hydrogens is 265 g/mol. The number of carbonyl (C=O) groups is 1. The minimum absolute atomic E-state index is 0.192. The van der Waals surface area contributed by atoms with Gasteiger partial charge in [0.2, 0.25) is 0 Å². The summed E-state index contributed by atoms with van der Waals surface area (Å²) in [7, 11) is 0. The van der Waals surface area contributed by atoms with Crippen LogP contribution in [0.15, 0.2) is 35.3 Å². The second-order valence-electron chi connectivity index (χ2n) is 2.62. The average Bonchev–Trinajstić information content (AvgIpc) is 2.14. The molecule has 1 N–H and O–H groups in total. The first-order chi connectivity index (χ1) is 6.65. The van der Waals surface area contributed by atoms with Gasteiger partial charge in [-0.15, -0.1) is 6.58 Å². The van der Waals surface area contributed by atoms with Crippen molar-refractivity contribution >= 4 is 33.4 Å². The molecule has 2 nitrogen and oxygen atoms in total. The lowest BCUT2D eigenvalue weighted by atomic mass is 10.2. The Kier molecular flexibility index (Phi) is 4.17. The topological polar surface area (TPSA) is 29.1 Å². The third kappa shape index (κ3) is 2.86. The van der Waals surface area contributed by atoms with Crippen LogP contribution in [0.3, 0.4) is 0 Å². The van der Waals surface area contributed by atoms with Crippen LogP contribution < -0.4 is 5.32 Å². The summed E-state index contributed by atoms with van der Waals surface area (Å²) in [6.45, 7) is 3.94. The Morgan fingerprint density at radius 3 is 2.93 bits per heavy atom. The van der Waals surface area contributed by atoms with Crippen LogP contribution in [0.1, 0.15) is 10.4 Å². The lowest BCUT2D eigenvalue weighted by molar-refractivity contribution is 0.0958. The molecule has 4 heteroatoms. The molecule has 0 saturated carbocycles. The molecule has 0 aromatic heterocycles. The third-order valence-corrected chi connectivity index (χ3v) is 2.39. The van der Waals surface area contributed by atoms with Gasteiger partial charge in [0, 0.05) is 11.0 Å². The summed E-state index contributed by atoms with van der Waals surface area (Å²) in [5, 5.41) is 3.08. The van der Waals surface area contributed by atoms with Gasteiger partial charge in [-0.05, 0) is 18.2 Å². The van der Waals surface area contributed by atoms with Gasteiger partial charge in [0.15, 0.2) is 0 Å². The minimum atomic E-state index is -0.192. The van der Waals surface area contributed by atoms with Gasteiger partial charge in [-0.2, -0.15) is 0 Å². The van der Waals surface area contributed by atoms with Crippen LogP contribution in [0, 0.1) is 0 Å². The predicted molar refractivity (Wildman–Crippen MR) is 61.7 cm³/mol. The van der Waals surface area contributed by atoms with Crippen molar-refractivity contribution in [3.63, 3.8) is 0 Å². The molecule has 1 aromatic carbocycles. The first-order valence-electron chi connectivity index (χ1n) is 3.99. The molecule has 0 aliphatic heterocycles. The summed E-state index contributed by atoms with van der Waals surface area (Å²) >= 11 is 9.15. The number of benzene rings is 1. The second-order valence-corrected chi connectivity index (χ2v) is 3.95. The molecule has 74 valence electrons. The van der Waals surface area contributed by atoms with Gasteiger partial charge in [0.1, 0.15) is 0 Å². The highest BCUT2D eigenvalue weighted by Crippen LogP contribution is 2.21. The van der Waals surface area contributed by atoms with E-state index < -0.39 is 0 Å². The van der Waals surface area contributed by atoms with E-state index in [0.29, 0.717) is 17.1 Å². The Hall–Kier alpha value is -0.800. The Morgan fingerprint density at radius 1 is 1.64 bits per heavy atom. The number of rotatable bonds is 3. The molecule has 0 aliphatic rings. The van der Waals surface area contributed by atoms with E-state index in [1.165, 1.54) is 0 Å². The van der Waals surface area contributed by atoms with E-state index in [0.717, 1.165) is 4.47 Å². The van der Waals surface area contributed by atoms with Gasteiger partial charge >= 0.3 is 0 Å². The van der Waals surface area contributed by atoms with Crippen molar-refractivity contribution in [2.45, 2.75) is 0 Å². The minimum Gasteiger partial charge on any atom is -0.349 e. The Labute approximate surface area is 96.1 Å². The molecule has 1 aromatic rings. The van der Waals surface area contributed by atoms with Gasteiger partial charge in [0.25, 0.3) is 5.91 Å². The number of hydrogen-bond acceptors (Lipinski definition) is 1. The fourth-order valence-electron chi connectivity index (χ4n) is 0.934. The van der Waals surface area contributed by atoms with Crippen molar-refractivity contribution in [1.29, 1.82) is 0 Å². The molecule has 0 radical (unpaired) electrons. The summed E-state index contributed by atoms with van der Waals surface area (Å²) in [5.41, 5.74) is 0.469. The number of carbonyl (C=O) groups excluding carboxylic acids is 1. The standard InChI is InChI=1S/C10H9BrClNO/c1-2-5-13-10(14)8-4-3-7(11)6-9(8)12/h2-4,6H,1,5H2,(H,13,14). The molecule has 0 heterocycles. The lowest BCUT2D eigenvalue weighted by Gasteiger charge is -2.04. The molecular formula is C10H9BrClNO. The van der Waals surface area contributed by atoms with Crippen molar-refractivity contribution in [3.8, 4) is 0 Å². The smallest absolute Gasteiger partial charge is 0.253 e. The fourth-order valence-corrected chi connectivity index (χ4v) is 1.69. The third-order valence-electron chi connectivity index (χ3n) is 1.58. The molecule has 0 fully saturated rings. The average molecular weight is 275 g/mol. The number of amides is 1. The van der Waals surface area contributed by atoms with E-state index >= 15 is 0 Å². The highest BCUT2D eigenvalue weighted by molar-refractivity contribution is 9.10. The van der Waals surface area contributed by atoms with E-state index in [2.05, 4.69) is 27.8 Å². The molecule has 0 atom stereocenters. The van der Waals surface area contributed by atoms with Crippen LogP contribution >= 0.6 is 27.5 Å². The van der Waals surface area contributed by atoms with Crippen molar-refractivity contribution in [3.05, 3.63) is 45.9 Å². The zero-order chi connectivity index (χ0) is 10.6. The SMILES string of the molecule is C=CCNC(=O)c1ccc(Br)cc1Cl. The highest BCUT2D eigenvalue weighted by Gasteiger charge is 2.08. The van der Waals surface area contributed by atoms with Gasteiger partial charge in [-0.25, -0.2) is 0 Å². The maximum Gasteiger partial charge on any atom is 0.253 e. The molecule has 1 amide bonds.